The first-order chi connectivity index (χ1) is 9.63. The number of nitrogens with two attached hydrogens (primary N) is 1. The minimum atomic E-state index is -0.676. The summed E-state index contributed by atoms with van der Waals surface area (Å²) in [7, 11) is 0. The molecule has 0 unspecified atom stereocenters. The van der Waals surface area contributed by atoms with Crippen LogP contribution in [0.3, 0.4) is 0 Å². The van der Waals surface area contributed by atoms with Crippen molar-refractivity contribution >= 4 is 17.4 Å². The maximum atomic E-state index is 12.4. The van der Waals surface area contributed by atoms with Gasteiger partial charge in [-0.15, -0.1) is 0 Å². The van der Waals surface area contributed by atoms with Crippen molar-refractivity contribution in [3.05, 3.63) is 18.3 Å². The molecule has 21 heavy (non-hydrogen) atoms. The van der Waals surface area contributed by atoms with Gasteiger partial charge < -0.3 is 16.0 Å². The standard InChI is InChI=1S/C16H28N4O/c1-7-20(8-2)13-10-9-12(11-18-13)19-14(21)15(3,4)16(5,6)17/h9-11H,7-8,17H2,1-6H3,(H,19,21). The van der Waals surface area contributed by atoms with Crippen molar-refractivity contribution in [2.45, 2.75) is 47.1 Å². The van der Waals surface area contributed by atoms with Crippen molar-refractivity contribution in [1.29, 1.82) is 0 Å². The molecule has 5 nitrogen and oxygen atoms in total. The minimum absolute atomic E-state index is 0.104. The lowest BCUT2D eigenvalue weighted by atomic mass is 9.74. The molecule has 0 atom stereocenters. The Hall–Kier alpha value is -1.62. The molecule has 0 bridgehead atoms. The first-order valence-corrected chi connectivity index (χ1v) is 7.44. The van der Waals surface area contributed by atoms with Crippen LogP contribution in [-0.2, 0) is 4.79 Å². The Morgan fingerprint density at radius 1 is 1.24 bits per heavy atom. The van der Waals surface area contributed by atoms with Crippen molar-refractivity contribution in [3.63, 3.8) is 0 Å². The molecule has 0 aromatic carbocycles. The first kappa shape index (κ1) is 17.4. The van der Waals surface area contributed by atoms with Crippen LogP contribution in [0.4, 0.5) is 11.5 Å². The fourth-order valence-corrected chi connectivity index (χ4v) is 1.77. The zero-order chi connectivity index (χ0) is 16.3. The van der Waals surface area contributed by atoms with Crippen LogP contribution in [0.15, 0.2) is 18.3 Å². The molecule has 118 valence electrons. The maximum absolute atomic E-state index is 12.4. The average molecular weight is 292 g/mol. The molecule has 1 aromatic rings. The van der Waals surface area contributed by atoms with Gasteiger partial charge in [-0.1, -0.05) is 0 Å². The summed E-state index contributed by atoms with van der Waals surface area (Å²) in [6, 6.07) is 3.79. The highest BCUT2D eigenvalue weighted by molar-refractivity contribution is 5.95. The molecule has 3 N–H and O–H groups in total. The van der Waals surface area contributed by atoms with Crippen LogP contribution in [0.25, 0.3) is 0 Å². The summed E-state index contributed by atoms with van der Waals surface area (Å²) in [4.78, 5) is 18.9. The van der Waals surface area contributed by atoms with E-state index in [1.165, 1.54) is 0 Å². The van der Waals surface area contributed by atoms with Gasteiger partial charge in [-0.05, 0) is 53.7 Å². The molecule has 0 aliphatic heterocycles. The summed E-state index contributed by atoms with van der Waals surface area (Å²) in [6.45, 7) is 13.4. The van der Waals surface area contributed by atoms with Crippen molar-refractivity contribution < 1.29 is 4.79 Å². The number of hydrogen-bond donors (Lipinski definition) is 2. The maximum Gasteiger partial charge on any atom is 0.231 e. The molecule has 0 spiro atoms. The van der Waals surface area contributed by atoms with Crippen LogP contribution in [0.2, 0.25) is 0 Å². The average Bonchev–Trinajstić information content (AvgIpc) is 2.40. The van der Waals surface area contributed by atoms with E-state index in [1.807, 2.05) is 39.8 Å². The fourth-order valence-electron chi connectivity index (χ4n) is 1.77. The van der Waals surface area contributed by atoms with E-state index in [0.29, 0.717) is 5.69 Å². The Kier molecular flexibility index (Phi) is 5.34. The Balaban J connectivity index is 2.83. The largest absolute Gasteiger partial charge is 0.357 e. The van der Waals surface area contributed by atoms with Crippen molar-refractivity contribution in [2.24, 2.45) is 11.1 Å². The van der Waals surface area contributed by atoms with E-state index in [1.54, 1.807) is 6.20 Å². The lowest BCUT2D eigenvalue weighted by Gasteiger charge is -2.36. The second-order valence-electron chi connectivity index (χ2n) is 6.38. The Labute approximate surface area is 127 Å². The predicted octanol–water partition coefficient (Wildman–Crippen LogP) is 2.63. The molecule has 0 fully saturated rings. The minimum Gasteiger partial charge on any atom is -0.357 e. The van der Waals surface area contributed by atoms with Gasteiger partial charge in [0.05, 0.1) is 17.3 Å². The second-order valence-corrected chi connectivity index (χ2v) is 6.38. The molecule has 0 saturated heterocycles. The van der Waals surface area contributed by atoms with E-state index >= 15 is 0 Å². The highest BCUT2D eigenvalue weighted by atomic mass is 16.2. The number of nitrogens with one attached hydrogen (secondary N) is 1. The molecule has 1 aromatic heterocycles. The highest BCUT2D eigenvalue weighted by Gasteiger charge is 2.40. The normalized spacial score (nSPS) is 12.1. The molecule has 0 saturated carbocycles. The van der Waals surface area contributed by atoms with Gasteiger partial charge in [-0.25, -0.2) is 4.98 Å². The van der Waals surface area contributed by atoms with Gasteiger partial charge in [0.15, 0.2) is 0 Å². The summed E-state index contributed by atoms with van der Waals surface area (Å²) in [5.74, 6) is 0.809. The number of carbonyl (C=O) groups is 1. The summed E-state index contributed by atoms with van der Waals surface area (Å²) in [6.07, 6.45) is 1.69. The highest BCUT2D eigenvalue weighted by Crippen LogP contribution is 2.29. The summed E-state index contributed by atoms with van der Waals surface area (Å²) in [5.41, 5.74) is 5.49. The predicted molar refractivity (Wildman–Crippen MR) is 88.5 cm³/mol. The van der Waals surface area contributed by atoms with Crippen molar-refractivity contribution in [3.8, 4) is 0 Å². The van der Waals surface area contributed by atoms with Gasteiger partial charge in [0, 0.05) is 18.6 Å². The molecule has 5 heteroatoms. The summed E-state index contributed by atoms with van der Waals surface area (Å²) in [5, 5.41) is 2.89. The quantitative estimate of drug-likeness (QED) is 0.845. The molecular formula is C16H28N4O. The van der Waals surface area contributed by atoms with E-state index in [2.05, 4.69) is 29.0 Å². The zero-order valence-electron chi connectivity index (χ0n) is 14.0. The number of amides is 1. The Bertz CT molecular complexity index is 470. The Morgan fingerprint density at radius 2 is 1.81 bits per heavy atom. The topological polar surface area (TPSA) is 71.2 Å². The van der Waals surface area contributed by atoms with Crippen LogP contribution < -0.4 is 16.0 Å². The van der Waals surface area contributed by atoms with Gasteiger partial charge in [-0.2, -0.15) is 0 Å². The van der Waals surface area contributed by atoms with Gasteiger partial charge in [0.1, 0.15) is 5.82 Å². The monoisotopic (exact) mass is 292 g/mol. The van der Waals surface area contributed by atoms with Gasteiger partial charge >= 0.3 is 0 Å². The van der Waals surface area contributed by atoms with E-state index < -0.39 is 11.0 Å². The van der Waals surface area contributed by atoms with E-state index in [-0.39, 0.29) is 5.91 Å². The molecule has 0 aliphatic carbocycles. The van der Waals surface area contributed by atoms with Crippen LogP contribution in [0, 0.1) is 5.41 Å². The lowest BCUT2D eigenvalue weighted by molar-refractivity contribution is -0.126. The number of rotatable bonds is 6. The van der Waals surface area contributed by atoms with Gasteiger partial charge in [-0.3, -0.25) is 4.79 Å². The van der Waals surface area contributed by atoms with Gasteiger partial charge in [0.25, 0.3) is 0 Å². The van der Waals surface area contributed by atoms with Crippen LogP contribution in [0.1, 0.15) is 41.5 Å². The van der Waals surface area contributed by atoms with Crippen LogP contribution >= 0.6 is 0 Å². The molecule has 1 amide bonds. The third kappa shape index (κ3) is 3.94. The molecule has 1 heterocycles. The van der Waals surface area contributed by atoms with E-state index in [0.717, 1.165) is 18.9 Å². The number of nitrogens with zero attached hydrogens (tertiary/aromatic N) is 2. The number of hydrogen-bond acceptors (Lipinski definition) is 4. The molecule has 0 radical (unpaired) electrons. The second kappa shape index (κ2) is 6.43. The smallest absolute Gasteiger partial charge is 0.231 e. The third-order valence-electron chi connectivity index (χ3n) is 4.27. The van der Waals surface area contributed by atoms with Gasteiger partial charge in [0.2, 0.25) is 5.91 Å². The first-order valence-electron chi connectivity index (χ1n) is 7.44. The van der Waals surface area contributed by atoms with Crippen molar-refractivity contribution in [1.82, 2.24) is 4.98 Å². The zero-order valence-corrected chi connectivity index (χ0v) is 14.0. The fraction of sp³-hybridized carbons (Fsp3) is 0.625. The van der Waals surface area contributed by atoms with Crippen LogP contribution in [0.5, 0.6) is 0 Å². The Morgan fingerprint density at radius 3 is 2.19 bits per heavy atom. The van der Waals surface area contributed by atoms with Crippen molar-refractivity contribution in [2.75, 3.05) is 23.3 Å². The molecule has 1 rings (SSSR count). The van der Waals surface area contributed by atoms with Crippen LogP contribution in [-0.4, -0.2) is 29.5 Å². The summed E-state index contributed by atoms with van der Waals surface area (Å²) >= 11 is 0. The summed E-state index contributed by atoms with van der Waals surface area (Å²) < 4.78 is 0. The number of pyridine rings is 1. The number of anilines is 2. The number of carbonyl (C=O) groups excluding carboxylic acids is 1. The number of aromatic nitrogens is 1. The lowest BCUT2D eigenvalue weighted by Crippen LogP contribution is -2.53. The van der Waals surface area contributed by atoms with E-state index in [9.17, 15) is 4.79 Å². The third-order valence-corrected chi connectivity index (χ3v) is 4.27. The molecule has 0 aliphatic rings. The SMILES string of the molecule is CCN(CC)c1ccc(NC(=O)C(C)(C)C(C)(C)N)cn1. The van der Waals surface area contributed by atoms with E-state index in [4.69, 9.17) is 5.73 Å². The molecular weight excluding hydrogens is 264 g/mol.